The van der Waals surface area contributed by atoms with Gasteiger partial charge in [0.2, 0.25) is 18.3 Å². The van der Waals surface area contributed by atoms with Gasteiger partial charge in [-0.05, 0) is 51.7 Å². The molecule has 1 unspecified atom stereocenters. The van der Waals surface area contributed by atoms with Crippen molar-refractivity contribution < 1.29 is 14.3 Å². The Bertz CT molecular complexity index is 1160. The van der Waals surface area contributed by atoms with Crippen molar-refractivity contribution in [3.05, 3.63) is 30.0 Å². The monoisotopic (exact) mass is 535 g/mol. The van der Waals surface area contributed by atoms with Gasteiger partial charge in [0, 0.05) is 74.2 Å². The highest BCUT2D eigenvalue weighted by Crippen LogP contribution is 2.34. The fourth-order valence-corrected chi connectivity index (χ4v) is 6.05. The van der Waals surface area contributed by atoms with Gasteiger partial charge in [-0.1, -0.05) is 12.8 Å². The third kappa shape index (κ3) is 6.11. The lowest BCUT2D eigenvalue weighted by molar-refractivity contribution is -0.122. The Morgan fingerprint density at radius 3 is 2.59 bits per heavy atom. The number of methoxy groups -OCH3 is 1. The van der Waals surface area contributed by atoms with Crippen LogP contribution in [-0.2, 0) is 16.0 Å². The summed E-state index contributed by atoms with van der Waals surface area (Å²) in [6, 6.07) is 6.74. The summed E-state index contributed by atoms with van der Waals surface area (Å²) in [7, 11) is 1.69. The third-order valence-corrected chi connectivity index (χ3v) is 8.37. The van der Waals surface area contributed by atoms with E-state index in [1.54, 1.807) is 18.2 Å². The molecule has 2 N–H and O–H groups in total. The molecule has 3 fully saturated rings. The van der Waals surface area contributed by atoms with Gasteiger partial charge in [0.05, 0.1) is 12.8 Å². The van der Waals surface area contributed by atoms with E-state index in [1.807, 2.05) is 12.1 Å². The van der Waals surface area contributed by atoms with Crippen molar-refractivity contribution in [2.75, 3.05) is 55.0 Å². The zero-order valence-corrected chi connectivity index (χ0v) is 23.4. The van der Waals surface area contributed by atoms with Crippen molar-refractivity contribution in [2.45, 2.75) is 64.5 Å². The highest BCUT2D eigenvalue weighted by Gasteiger charge is 2.30. The molecule has 2 aliphatic heterocycles. The lowest BCUT2D eigenvalue weighted by Crippen LogP contribution is -2.49. The first kappa shape index (κ1) is 27.2. The van der Waals surface area contributed by atoms with E-state index < -0.39 is 0 Å². The number of nitrogens with one attached hydrogen (secondary N) is 2. The molecule has 2 aromatic rings. The topological polar surface area (TPSA) is 103 Å². The number of rotatable bonds is 10. The van der Waals surface area contributed by atoms with Crippen LogP contribution in [0.5, 0.6) is 5.75 Å². The van der Waals surface area contributed by atoms with Crippen LogP contribution in [-0.4, -0.2) is 79.1 Å². The van der Waals surface area contributed by atoms with Crippen LogP contribution in [0.25, 0.3) is 0 Å². The smallest absolute Gasteiger partial charge is 0.229 e. The van der Waals surface area contributed by atoms with Crippen LogP contribution in [0.3, 0.4) is 0 Å². The maximum absolute atomic E-state index is 12.3. The van der Waals surface area contributed by atoms with Crippen LogP contribution in [0, 0.1) is 5.92 Å². The van der Waals surface area contributed by atoms with E-state index in [2.05, 4.69) is 45.3 Å². The zero-order chi connectivity index (χ0) is 27.4. The lowest BCUT2D eigenvalue weighted by atomic mass is 9.99. The number of ether oxygens (including phenoxy) is 1. The van der Waals surface area contributed by atoms with Gasteiger partial charge < -0.3 is 20.3 Å². The Morgan fingerprint density at radius 1 is 1.18 bits per heavy atom. The Labute approximate surface area is 231 Å². The van der Waals surface area contributed by atoms with Crippen LogP contribution >= 0.6 is 0 Å². The molecule has 1 atom stereocenters. The van der Waals surface area contributed by atoms with E-state index in [9.17, 15) is 9.59 Å². The molecule has 0 spiro atoms. The van der Waals surface area contributed by atoms with Crippen LogP contribution in [0.2, 0.25) is 0 Å². The lowest BCUT2D eigenvalue weighted by Gasteiger charge is -2.38. The average molecular weight is 536 g/mol. The van der Waals surface area contributed by atoms with Gasteiger partial charge in [-0.25, -0.2) is 4.98 Å². The molecule has 10 heteroatoms. The summed E-state index contributed by atoms with van der Waals surface area (Å²) in [6.45, 7) is 9.13. The van der Waals surface area contributed by atoms with Crippen LogP contribution in [0.4, 0.5) is 23.1 Å². The molecule has 2 saturated heterocycles. The van der Waals surface area contributed by atoms with Crippen molar-refractivity contribution in [3.8, 4) is 5.75 Å². The summed E-state index contributed by atoms with van der Waals surface area (Å²) in [6.07, 6.45) is 8.07. The molecule has 0 bridgehead atoms. The molecular weight excluding hydrogens is 494 g/mol. The second-order valence-corrected chi connectivity index (χ2v) is 11.1. The van der Waals surface area contributed by atoms with Crippen molar-refractivity contribution in [2.24, 2.45) is 5.92 Å². The summed E-state index contributed by atoms with van der Waals surface area (Å²) in [5.74, 6) is 1.74. The number of carbonyl (C=O) groups excluding carboxylic acids is 2. The highest BCUT2D eigenvalue weighted by atomic mass is 16.5. The second kappa shape index (κ2) is 12.2. The molecule has 1 aromatic carbocycles. The van der Waals surface area contributed by atoms with E-state index in [4.69, 9.17) is 9.72 Å². The van der Waals surface area contributed by atoms with Gasteiger partial charge in [0.15, 0.2) is 0 Å². The predicted molar refractivity (Wildman–Crippen MR) is 153 cm³/mol. The Balaban J connectivity index is 1.37. The first-order valence-electron chi connectivity index (χ1n) is 14.3. The Hall–Kier alpha value is -3.40. The molecule has 210 valence electrons. The number of nitrogens with zero attached hydrogens (tertiary/aromatic N) is 5. The molecule has 3 heterocycles. The van der Waals surface area contributed by atoms with E-state index in [1.165, 1.54) is 0 Å². The summed E-state index contributed by atoms with van der Waals surface area (Å²) in [5.41, 5.74) is 2.71. The van der Waals surface area contributed by atoms with Gasteiger partial charge in [-0.2, -0.15) is 4.98 Å². The number of hydrogen-bond donors (Lipinski definition) is 2. The van der Waals surface area contributed by atoms with E-state index in [0.717, 1.165) is 87.4 Å². The summed E-state index contributed by atoms with van der Waals surface area (Å²) >= 11 is 0. The third-order valence-electron chi connectivity index (χ3n) is 8.37. The molecule has 1 saturated carbocycles. The molecule has 1 aliphatic carbocycles. The minimum atomic E-state index is -0.123. The SMILES string of the molecule is COc1cc(Nc2ncc(CC3CCNC3=O)c(N(C=O)C3CCCC3)n2)ccc1N1CCN(C(C)C)CC1. The van der Waals surface area contributed by atoms with Gasteiger partial charge >= 0.3 is 0 Å². The van der Waals surface area contributed by atoms with Gasteiger partial charge in [0.25, 0.3) is 0 Å². The van der Waals surface area contributed by atoms with E-state index >= 15 is 0 Å². The summed E-state index contributed by atoms with van der Waals surface area (Å²) in [4.78, 5) is 40.6. The summed E-state index contributed by atoms with van der Waals surface area (Å²) < 4.78 is 5.77. The number of benzene rings is 1. The van der Waals surface area contributed by atoms with Crippen LogP contribution in [0.15, 0.2) is 24.4 Å². The molecule has 39 heavy (non-hydrogen) atoms. The second-order valence-electron chi connectivity index (χ2n) is 11.1. The molecule has 10 nitrogen and oxygen atoms in total. The number of amides is 2. The normalized spacial score (nSPS) is 20.4. The van der Waals surface area contributed by atoms with Crippen LogP contribution < -0.4 is 25.2 Å². The molecular formula is C29H41N7O3. The van der Waals surface area contributed by atoms with Crippen molar-refractivity contribution >= 4 is 35.5 Å². The minimum Gasteiger partial charge on any atom is -0.495 e. The van der Waals surface area contributed by atoms with E-state index in [-0.39, 0.29) is 17.9 Å². The molecule has 3 aliphatic rings. The van der Waals surface area contributed by atoms with Crippen molar-refractivity contribution in [3.63, 3.8) is 0 Å². The number of aromatic nitrogens is 2. The standard InChI is InChI=1S/C29H41N7O3/c1-20(2)34-12-14-35(15-13-34)25-9-8-23(17-26(25)39-3)32-29-31-18-22(16-21-10-11-30-28(21)38)27(33-29)36(19-37)24-6-4-5-7-24/h8-9,17-21,24H,4-7,10-16H2,1-3H3,(H,30,38)(H,31,32,33). The Morgan fingerprint density at radius 2 is 1.95 bits per heavy atom. The maximum Gasteiger partial charge on any atom is 0.229 e. The number of anilines is 4. The van der Waals surface area contributed by atoms with Gasteiger partial charge in [-0.3, -0.25) is 19.4 Å². The van der Waals surface area contributed by atoms with Crippen molar-refractivity contribution in [1.82, 2.24) is 20.2 Å². The van der Waals surface area contributed by atoms with Gasteiger partial charge in [0.1, 0.15) is 11.6 Å². The average Bonchev–Trinajstić information content (AvgIpc) is 3.62. The fraction of sp³-hybridized carbons (Fsp3) is 0.586. The number of hydrogen-bond acceptors (Lipinski definition) is 8. The quantitative estimate of drug-likeness (QED) is 0.447. The van der Waals surface area contributed by atoms with Gasteiger partial charge in [-0.15, -0.1) is 0 Å². The van der Waals surface area contributed by atoms with E-state index in [0.29, 0.717) is 30.8 Å². The first-order chi connectivity index (χ1) is 19.0. The molecule has 5 rings (SSSR count). The molecule has 0 radical (unpaired) electrons. The van der Waals surface area contributed by atoms with Crippen molar-refractivity contribution in [1.29, 1.82) is 0 Å². The fourth-order valence-electron chi connectivity index (χ4n) is 6.05. The first-order valence-corrected chi connectivity index (χ1v) is 14.3. The number of piperazine rings is 1. The largest absolute Gasteiger partial charge is 0.495 e. The number of carbonyl (C=O) groups is 2. The zero-order valence-electron chi connectivity index (χ0n) is 23.4. The minimum absolute atomic E-state index is 0.0551. The molecule has 1 aromatic heterocycles. The Kier molecular flexibility index (Phi) is 8.50. The molecule has 2 amide bonds. The van der Waals surface area contributed by atoms with Crippen LogP contribution in [0.1, 0.15) is 51.5 Å². The highest BCUT2D eigenvalue weighted by molar-refractivity contribution is 5.82. The predicted octanol–water partition coefficient (Wildman–Crippen LogP) is 3.34. The maximum atomic E-state index is 12.3. The summed E-state index contributed by atoms with van der Waals surface area (Å²) in [5, 5.41) is 6.22.